The van der Waals surface area contributed by atoms with Gasteiger partial charge in [-0.25, -0.2) is 9.79 Å². The topological polar surface area (TPSA) is 130 Å². The van der Waals surface area contributed by atoms with Crippen LogP contribution in [0.15, 0.2) is 29.5 Å². The van der Waals surface area contributed by atoms with Gasteiger partial charge in [0.1, 0.15) is 0 Å². The highest BCUT2D eigenvalue weighted by Gasteiger charge is 2.14. The molecule has 0 amide bonds. The third-order valence-electron chi connectivity index (χ3n) is 2.09. The summed E-state index contributed by atoms with van der Waals surface area (Å²) >= 11 is 0. The van der Waals surface area contributed by atoms with Crippen LogP contribution in [0.25, 0.3) is 0 Å². The molecule has 0 saturated heterocycles. The molecule has 0 radical (unpaired) electrons. The second-order valence-corrected chi connectivity index (χ2v) is 3.59. The minimum Gasteiger partial charge on any atom is -0.436 e. The van der Waals surface area contributed by atoms with Gasteiger partial charge in [0.25, 0.3) is 0 Å². The van der Waals surface area contributed by atoms with Crippen LogP contribution in [0.5, 0.6) is 0 Å². The van der Waals surface area contributed by atoms with Crippen molar-refractivity contribution >= 4 is 11.9 Å². The van der Waals surface area contributed by atoms with Crippen molar-refractivity contribution in [2.75, 3.05) is 6.54 Å². The molecule has 0 aliphatic heterocycles. The summed E-state index contributed by atoms with van der Waals surface area (Å²) in [7, 11) is 0. The molecule has 0 aliphatic rings. The highest BCUT2D eigenvalue weighted by atomic mass is 16.6. The smallest absolute Gasteiger partial charge is 0.341 e. The number of guanidine groups is 1. The van der Waals surface area contributed by atoms with E-state index in [1.807, 2.05) is 0 Å². The lowest BCUT2D eigenvalue weighted by Crippen LogP contribution is -2.28. The van der Waals surface area contributed by atoms with E-state index in [0.717, 1.165) is 0 Å². The molecule has 1 atom stereocenters. The summed E-state index contributed by atoms with van der Waals surface area (Å²) in [6.45, 7) is 0.473. The van der Waals surface area contributed by atoms with Gasteiger partial charge in [-0.05, 0) is 25.1 Å². The van der Waals surface area contributed by atoms with Crippen molar-refractivity contribution in [3.05, 3.63) is 30.1 Å². The van der Waals surface area contributed by atoms with Crippen LogP contribution in [0.4, 0.5) is 0 Å². The van der Waals surface area contributed by atoms with Gasteiger partial charge in [0.15, 0.2) is 12.2 Å². The second kappa shape index (κ2) is 7.23. The number of carbonyl (C=O) groups is 1. The molecular formula is C11H17N5O2. The molecule has 1 heterocycles. The lowest BCUT2D eigenvalue weighted by molar-refractivity contribution is 0.0299. The molecule has 0 aliphatic carbocycles. The molecule has 1 rings (SSSR count). The quantitative estimate of drug-likeness (QED) is 0.357. The first kappa shape index (κ1) is 13.9. The van der Waals surface area contributed by atoms with Gasteiger partial charge in [-0.3, -0.25) is 4.98 Å². The Hall–Kier alpha value is -2.15. The molecule has 1 aromatic rings. The fourth-order valence-corrected chi connectivity index (χ4v) is 1.28. The molecule has 0 saturated carbocycles. The van der Waals surface area contributed by atoms with E-state index >= 15 is 0 Å². The van der Waals surface area contributed by atoms with E-state index in [1.165, 1.54) is 6.20 Å². The first-order chi connectivity index (χ1) is 8.63. The number of aromatic nitrogens is 1. The highest BCUT2D eigenvalue weighted by molar-refractivity contribution is 5.89. The Morgan fingerprint density at radius 3 is 2.83 bits per heavy atom. The van der Waals surface area contributed by atoms with Crippen molar-refractivity contribution in [3.63, 3.8) is 0 Å². The maximum absolute atomic E-state index is 11.8. The van der Waals surface area contributed by atoms with Crippen LogP contribution in [0.1, 0.15) is 23.2 Å². The molecule has 1 unspecified atom stereocenters. The molecule has 0 fully saturated rings. The zero-order valence-corrected chi connectivity index (χ0v) is 9.95. The SMILES string of the molecule is NCCCC(N=C(N)N)OC(=O)c1cccnc1. The second-order valence-electron chi connectivity index (χ2n) is 3.59. The van der Waals surface area contributed by atoms with Gasteiger partial charge in [-0.1, -0.05) is 0 Å². The number of carbonyl (C=O) groups excluding carboxylic acids is 1. The summed E-state index contributed by atoms with van der Waals surface area (Å²) in [5, 5.41) is 0. The number of hydrogen-bond donors (Lipinski definition) is 3. The molecule has 98 valence electrons. The fourth-order valence-electron chi connectivity index (χ4n) is 1.28. The Morgan fingerprint density at radius 2 is 2.28 bits per heavy atom. The molecular weight excluding hydrogens is 234 g/mol. The van der Waals surface area contributed by atoms with Crippen molar-refractivity contribution in [3.8, 4) is 0 Å². The Bertz CT molecular complexity index is 403. The van der Waals surface area contributed by atoms with E-state index in [2.05, 4.69) is 9.98 Å². The van der Waals surface area contributed by atoms with Crippen LogP contribution in [-0.2, 0) is 4.74 Å². The first-order valence-corrected chi connectivity index (χ1v) is 5.53. The number of rotatable bonds is 6. The third kappa shape index (κ3) is 4.79. The molecule has 18 heavy (non-hydrogen) atoms. The van der Waals surface area contributed by atoms with Crippen molar-refractivity contribution in [1.82, 2.24) is 4.98 Å². The lowest BCUT2D eigenvalue weighted by Gasteiger charge is -2.13. The van der Waals surface area contributed by atoms with Gasteiger partial charge in [0.2, 0.25) is 0 Å². The van der Waals surface area contributed by atoms with Crippen molar-refractivity contribution in [2.45, 2.75) is 19.1 Å². The number of nitrogens with two attached hydrogens (primary N) is 3. The number of nitrogens with zero attached hydrogens (tertiary/aromatic N) is 2. The summed E-state index contributed by atoms with van der Waals surface area (Å²) in [5.74, 6) is -0.647. The number of pyridine rings is 1. The number of aliphatic imine (C=N–C) groups is 1. The van der Waals surface area contributed by atoms with Gasteiger partial charge < -0.3 is 21.9 Å². The van der Waals surface area contributed by atoms with Gasteiger partial charge in [0.05, 0.1) is 5.56 Å². The summed E-state index contributed by atoms with van der Waals surface area (Å²) in [6.07, 6.45) is 3.39. The first-order valence-electron chi connectivity index (χ1n) is 5.53. The van der Waals surface area contributed by atoms with Crippen LogP contribution in [-0.4, -0.2) is 29.7 Å². The zero-order valence-electron chi connectivity index (χ0n) is 9.95. The Balaban J connectivity index is 2.65. The summed E-state index contributed by atoms with van der Waals surface area (Å²) in [6, 6.07) is 3.25. The molecule has 0 spiro atoms. The highest BCUT2D eigenvalue weighted by Crippen LogP contribution is 2.08. The van der Waals surface area contributed by atoms with Crippen molar-refractivity contribution < 1.29 is 9.53 Å². The van der Waals surface area contributed by atoms with Crippen LogP contribution < -0.4 is 17.2 Å². The average Bonchev–Trinajstić information content (AvgIpc) is 2.36. The zero-order chi connectivity index (χ0) is 13.4. The van der Waals surface area contributed by atoms with E-state index in [1.54, 1.807) is 18.3 Å². The van der Waals surface area contributed by atoms with Gasteiger partial charge in [-0.15, -0.1) is 0 Å². The number of ether oxygens (including phenoxy) is 1. The molecule has 0 aromatic carbocycles. The summed E-state index contributed by atoms with van der Waals surface area (Å²) in [5.41, 5.74) is 16.3. The predicted molar refractivity (Wildman–Crippen MR) is 67.5 cm³/mol. The Morgan fingerprint density at radius 1 is 1.50 bits per heavy atom. The minimum atomic E-state index is -0.716. The van der Waals surface area contributed by atoms with Crippen LogP contribution in [0, 0.1) is 0 Å². The van der Waals surface area contributed by atoms with Crippen molar-refractivity contribution in [1.29, 1.82) is 0 Å². The normalized spacial score (nSPS) is 11.6. The van der Waals surface area contributed by atoms with Crippen LogP contribution in [0.3, 0.4) is 0 Å². The molecule has 1 aromatic heterocycles. The maximum atomic E-state index is 11.8. The Labute approximate surface area is 105 Å². The average molecular weight is 251 g/mol. The predicted octanol–water partition coefficient (Wildman–Crippen LogP) is -0.423. The standard InChI is InChI=1S/C11H17N5O2/c12-5-1-4-9(16-11(13)14)18-10(17)8-3-2-6-15-7-8/h2-3,6-7,9H,1,4-5,12H2,(H4,13,14,16). The Kier molecular flexibility index (Phi) is 5.59. The third-order valence-corrected chi connectivity index (χ3v) is 2.09. The van der Waals surface area contributed by atoms with Gasteiger partial charge in [-0.2, -0.15) is 0 Å². The summed E-state index contributed by atoms with van der Waals surface area (Å²) < 4.78 is 5.17. The van der Waals surface area contributed by atoms with E-state index in [0.29, 0.717) is 24.9 Å². The molecule has 7 heteroatoms. The van der Waals surface area contributed by atoms with Gasteiger partial charge >= 0.3 is 5.97 Å². The lowest BCUT2D eigenvalue weighted by atomic mass is 10.2. The van der Waals surface area contributed by atoms with Gasteiger partial charge in [0, 0.05) is 18.8 Å². The van der Waals surface area contributed by atoms with Crippen molar-refractivity contribution in [2.24, 2.45) is 22.2 Å². The molecule has 0 bridgehead atoms. The monoisotopic (exact) mass is 251 g/mol. The maximum Gasteiger partial charge on any atom is 0.341 e. The van der Waals surface area contributed by atoms with E-state index in [4.69, 9.17) is 21.9 Å². The van der Waals surface area contributed by atoms with E-state index in [-0.39, 0.29) is 5.96 Å². The molecule has 7 nitrogen and oxygen atoms in total. The summed E-state index contributed by atoms with van der Waals surface area (Å²) in [4.78, 5) is 19.4. The number of esters is 1. The number of hydrogen-bond acceptors (Lipinski definition) is 5. The minimum absolute atomic E-state index is 0.129. The largest absolute Gasteiger partial charge is 0.436 e. The van der Waals surface area contributed by atoms with E-state index in [9.17, 15) is 4.79 Å². The van der Waals surface area contributed by atoms with Crippen LogP contribution in [0.2, 0.25) is 0 Å². The van der Waals surface area contributed by atoms with Crippen LogP contribution >= 0.6 is 0 Å². The molecule has 6 N–H and O–H groups in total. The van der Waals surface area contributed by atoms with E-state index < -0.39 is 12.2 Å². The fraction of sp³-hybridized carbons (Fsp3) is 0.364.